The van der Waals surface area contributed by atoms with Gasteiger partial charge in [-0.3, -0.25) is 9.59 Å². The molecule has 0 aliphatic carbocycles. The fraction of sp³-hybridized carbons (Fsp3) is 0.943. The van der Waals surface area contributed by atoms with Crippen LogP contribution in [0.2, 0.25) is 0 Å². The summed E-state index contributed by atoms with van der Waals surface area (Å²) in [6.07, 6.45) is 81.3. The van der Waals surface area contributed by atoms with Crippen molar-refractivity contribution in [2.45, 2.75) is 411 Å². The highest BCUT2D eigenvalue weighted by atomic mass is 16.5. The van der Waals surface area contributed by atoms with E-state index in [2.05, 4.69) is 19.2 Å². The van der Waals surface area contributed by atoms with Gasteiger partial charge in [0, 0.05) is 12.8 Å². The lowest BCUT2D eigenvalue weighted by Gasteiger charge is -2.20. The SMILES string of the molecule is CCCCCCCCCCCCCCCCCCCCCCCC/C=C/C(O)C(CO)NC(=O)CCCCCCCCCCCCCCCCCCCOC(=O)CCCCCCCCCCCCCCCCCCCC. The summed E-state index contributed by atoms with van der Waals surface area (Å²) in [5.74, 6) is -0.0578. The highest BCUT2D eigenvalue weighted by molar-refractivity contribution is 5.76. The smallest absolute Gasteiger partial charge is 0.305 e. The molecule has 0 heterocycles. The summed E-state index contributed by atoms with van der Waals surface area (Å²) in [7, 11) is 0. The van der Waals surface area contributed by atoms with Crippen molar-refractivity contribution >= 4 is 11.9 Å². The van der Waals surface area contributed by atoms with Gasteiger partial charge in [-0.15, -0.1) is 0 Å². The van der Waals surface area contributed by atoms with Crippen LogP contribution >= 0.6 is 0 Å². The Kier molecular flexibility index (Phi) is 64.9. The summed E-state index contributed by atoms with van der Waals surface area (Å²) in [4.78, 5) is 24.6. The number of unbranched alkanes of at least 4 members (excludes halogenated alkanes) is 55. The number of aliphatic hydroxyl groups excluding tert-OH is 2. The zero-order chi connectivity index (χ0) is 55.0. The van der Waals surface area contributed by atoms with Crippen molar-refractivity contribution in [2.24, 2.45) is 0 Å². The van der Waals surface area contributed by atoms with Crippen LogP contribution in [0.25, 0.3) is 0 Å². The van der Waals surface area contributed by atoms with Gasteiger partial charge in [-0.1, -0.05) is 366 Å². The average Bonchev–Trinajstić information content (AvgIpc) is 3.42. The van der Waals surface area contributed by atoms with Crippen molar-refractivity contribution in [3.8, 4) is 0 Å². The number of carbonyl (C=O) groups excluding carboxylic acids is 2. The monoisotopic (exact) mass is 1070 g/mol. The predicted molar refractivity (Wildman–Crippen MR) is 333 cm³/mol. The Morgan fingerprint density at radius 2 is 0.605 bits per heavy atom. The van der Waals surface area contributed by atoms with Crippen molar-refractivity contribution < 1.29 is 24.5 Å². The van der Waals surface area contributed by atoms with Gasteiger partial charge in [-0.25, -0.2) is 0 Å². The van der Waals surface area contributed by atoms with Crippen molar-refractivity contribution in [1.82, 2.24) is 5.32 Å². The predicted octanol–water partition coefficient (Wildman–Crippen LogP) is 22.4. The maximum atomic E-state index is 12.5. The van der Waals surface area contributed by atoms with Gasteiger partial charge in [0.25, 0.3) is 0 Å². The van der Waals surface area contributed by atoms with Gasteiger partial charge in [0.2, 0.25) is 5.91 Å². The number of hydrogen-bond acceptors (Lipinski definition) is 5. The summed E-state index contributed by atoms with van der Waals surface area (Å²) in [6.45, 7) is 4.94. The van der Waals surface area contributed by atoms with E-state index in [4.69, 9.17) is 4.74 Å². The van der Waals surface area contributed by atoms with E-state index >= 15 is 0 Å². The summed E-state index contributed by atoms with van der Waals surface area (Å²) in [5, 5.41) is 23.3. The summed E-state index contributed by atoms with van der Waals surface area (Å²) < 4.78 is 5.50. The number of carbonyl (C=O) groups is 2. The van der Waals surface area contributed by atoms with Crippen LogP contribution in [0.5, 0.6) is 0 Å². The van der Waals surface area contributed by atoms with E-state index in [0.29, 0.717) is 19.4 Å². The van der Waals surface area contributed by atoms with Gasteiger partial charge in [0.05, 0.1) is 25.4 Å². The average molecular weight is 1070 g/mol. The molecule has 0 rings (SSSR count). The third-order valence-electron chi connectivity index (χ3n) is 16.6. The number of allylic oxidation sites excluding steroid dienone is 1. The lowest BCUT2D eigenvalue weighted by Crippen LogP contribution is -2.45. The number of rotatable bonds is 66. The van der Waals surface area contributed by atoms with E-state index in [1.807, 2.05) is 6.08 Å². The van der Waals surface area contributed by atoms with Gasteiger partial charge in [-0.2, -0.15) is 0 Å². The van der Waals surface area contributed by atoms with E-state index in [9.17, 15) is 19.8 Å². The largest absolute Gasteiger partial charge is 0.466 e. The number of ether oxygens (including phenoxy) is 1. The number of esters is 1. The molecular formula is C70H137NO5. The standard InChI is InChI=1S/C70H137NO5/c1-3-5-7-9-11-13-15-17-19-21-23-24-25-26-27-28-30-34-38-42-46-50-54-58-62-68(73)67(66-72)71-69(74)63-59-55-51-47-43-39-35-31-29-33-37-41-45-49-53-57-61-65-76-70(75)64-60-56-52-48-44-40-36-32-22-20-18-16-14-12-10-8-6-4-2/h58,62,67-68,72-73H,3-57,59-61,63-66H2,1-2H3,(H,71,74)/b62-58+. The van der Waals surface area contributed by atoms with Crippen LogP contribution in [-0.2, 0) is 14.3 Å². The summed E-state index contributed by atoms with van der Waals surface area (Å²) in [5.41, 5.74) is 0. The Morgan fingerprint density at radius 1 is 0.355 bits per heavy atom. The molecule has 3 N–H and O–H groups in total. The molecule has 6 heteroatoms. The summed E-state index contributed by atoms with van der Waals surface area (Å²) >= 11 is 0. The van der Waals surface area contributed by atoms with E-state index in [0.717, 1.165) is 38.5 Å². The second-order valence-electron chi connectivity index (χ2n) is 24.2. The third-order valence-corrected chi connectivity index (χ3v) is 16.6. The first-order chi connectivity index (χ1) is 37.5. The van der Waals surface area contributed by atoms with Gasteiger partial charge in [0.1, 0.15) is 0 Å². The van der Waals surface area contributed by atoms with Crippen LogP contribution in [-0.4, -0.2) is 47.4 Å². The van der Waals surface area contributed by atoms with Crippen LogP contribution in [0.4, 0.5) is 0 Å². The van der Waals surface area contributed by atoms with Gasteiger partial charge in [0.15, 0.2) is 0 Å². The minimum atomic E-state index is -0.849. The Morgan fingerprint density at radius 3 is 0.895 bits per heavy atom. The zero-order valence-corrected chi connectivity index (χ0v) is 51.8. The molecule has 0 aromatic rings. The lowest BCUT2D eigenvalue weighted by atomic mass is 10.0. The molecule has 0 radical (unpaired) electrons. The quantitative estimate of drug-likeness (QED) is 0.0320. The Bertz CT molecular complexity index is 1140. The molecule has 1 amide bonds. The Hall–Kier alpha value is -1.40. The van der Waals surface area contributed by atoms with Gasteiger partial charge < -0.3 is 20.3 Å². The molecular weight excluding hydrogens is 935 g/mol. The Labute approximate surface area is 476 Å². The first-order valence-corrected chi connectivity index (χ1v) is 35.0. The van der Waals surface area contributed by atoms with E-state index in [1.165, 1.54) is 334 Å². The van der Waals surface area contributed by atoms with Crippen LogP contribution in [0, 0.1) is 0 Å². The molecule has 0 spiro atoms. The second kappa shape index (κ2) is 66.1. The molecule has 2 atom stereocenters. The normalized spacial score (nSPS) is 12.5. The molecule has 6 nitrogen and oxygen atoms in total. The topological polar surface area (TPSA) is 95.9 Å². The molecule has 0 saturated heterocycles. The van der Waals surface area contributed by atoms with Crippen LogP contribution in [0.1, 0.15) is 399 Å². The van der Waals surface area contributed by atoms with E-state index in [-0.39, 0.29) is 18.5 Å². The number of aliphatic hydroxyl groups is 2. The highest BCUT2D eigenvalue weighted by Crippen LogP contribution is 2.19. The minimum absolute atomic E-state index is 0.0103. The maximum Gasteiger partial charge on any atom is 0.305 e. The van der Waals surface area contributed by atoms with E-state index < -0.39 is 12.1 Å². The molecule has 452 valence electrons. The first-order valence-electron chi connectivity index (χ1n) is 35.0. The summed E-state index contributed by atoms with van der Waals surface area (Å²) in [6, 6.07) is -0.633. The lowest BCUT2D eigenvalue weighted by molar-refractivity contribution is -0.143. The van der Waals surface area contributed by atoms with Crippen LogP contribution in [0.15, 0.2) is 12.2 Å². The fourth-order valence-corrected chi connectivity index (χ4v) is 11.2. The van der Waals surface area contributed by atoms with Crippen LogP contribution in [0.3, 0.4) is 0 Å². The molecule has 0 aliphatic rings. The maximum absolute atomic E-state index is 12.5. The van der Waals surface area contributed by atoms with E-state index in [1.54, 1.807) is 6.08 Å². The van der Waals surface area contributed by atoms with Crippen molar-refractivity contribution in [3.63, 3.8) is 0 Å². The van der Waals surface area contributed by atoms with Crippen molar-refractivity contribution in [3.05, 3.63) is 12.2 Å². The zero-order valence-electron chi connectivity index (χ0n) is 51.8. The number of amides is 1. The van der Waals surface area contributed by atoms with Crippen molar-refractivity contribution in [1.29, 1.82) is 0 Å². The fourth-order valence-electron chi connectivity index (χ4n) is 11.2. The second-order valence-corrected chi connectivity index (χ2v) is 24.2. The van der Waals surface area contributed by atoms with Gasteiger partial charge >= 0.3 is 5.97 Å². The van der Waals surface area contributed by atoms with Gasteiger partial charge in [-0.05, 0) is 32.1 Å². The number of nitrogens with one attached hydrogen (secondary N) is 1. The molecule has 2 unspecified atom stereocenters. The highest BCUT2D eigenvalue weighted by Gasteiger charge is 2.18. The van der Waals surface area contributed by atoms with Crippen molar-refractivity contribution in [2.75, 3.05) is 13.2 Å². The molecule has 0 aromatic heterocycles. The molecule has 0 saturated carbocycles. The third kappa shape index (κ3) is 61.8. The first kappa shape index (κ1) is 74.6. The molecule has 0 fully saturated rings. The minimum Gasteiger partial charge on any atom is -0.466 e. The molecule has 76 heavy (non-hydrogen) atoms. The Balaban J connectivity index is 3.41. The molecule has 0 aliphatic heterocycles. The number of hydrogen-bond donors (Lipinski definition) is 3. The van der Waals surface area contributed by atoms with Crippen LogP contribution < -0.4 is 5.32 Å². The molecule has 0 bridgehead atoms. The molecule has 0 aromatic carbocycles.